The fourth-order valence-electron chi connectivity index (χ4n) is 2.29. The highest BCUT2D eigenvalue weighted by atomic mass is 16.5. The van der Waals surface area contributed by atoms with Crippen molar-refractivity contribution in [1.29, 1.82) is 0 Å². The van der Waals surface area contributed by atoms with Crippen LogP contribution >= 0.6 is 0 Å². The summed E-state index contributed by atoms with van der Waals surface area (Å²) < 4.78 is 5.55. The first-order valence-electron chi connectivity index (χ1n) is 6.48. The average Bonchev–Trinajstić information content (AvgIpc) is 2.36. The van der Waals surface area contributed by atoms with E-state index in [1.165, 1.54) is 0 Å². The number of aromatic nitrogens is 2. The molecule has 0 aromatic carbocycles. The maximum absolute atomic E-state index is 8.73. The smallest absolute Gasteiger partial charge is 0.225 e. The second kappa shape index (κ2) is 6.11. The maximum Gasteiger partial charge on any atom is 0.225 e. The van der Waals surface area contributed by atoms with Crippen LogP contribution in [-0.4, -0.2) is 47.5 Å². The number of piperidine rings is 1. The van der Waals surface area contributed by atoms with E-state index in [1.807, 2.05) is 19.9 Å². The van der Waals surface area contributed by atoms with Gasteiger partial charge in [0.25, 0.3) is 0 Å². The van der Waals surface area contributed by atoms with E-state index in [0.29, 0.717) is 6.61 Å². The molecule has 1 aromatic heterocycles. The van der Waals surface area contributed by atoms with Gasteiger partial charge in [-0.25, -0.2) is 9.97 Å². The molecule has 0 unspecified atom stereocenters. The molecule has 0 aliphatic carbocycles. The Labute approximate surface area is 108 Å². The van der Waals surface area contributed by atoms with Crippen LogP contribution in [0.1, 0.15) is 24.2 Å². The molecule has 5 nitrogen and oxygen atoms in total. The molecule has 0 bridgehead atoms. The van der Waals surface area contributed by atoms with Crippen LogP contribution in [0.15, 0.2) is 6.07 Å². The van der Waals surface area contributed by atoms with Gasteiger partial charge in [-0.1, -0.05) is 0 Å². The lowest BCUT2D eigenvalue weighted by atomic mass is 10.1. The van der Waals surface area contributed by atoms with Crippen molar-refractivity contribution in [3.63, 3.8) is 0 Å². The molecule has 1 N–H and O–H groups in total. The summed E-state index contributed by atoms with van der Waals surface area (Å²) in [6.45, 7) is 6.35. The molecule has 0 atom stereocenters. The molecule has 2 heterocycles. The Morgan fingerprint density at radius 1 is 1.28 bits per heavy atom. The highest BCUT2D eigenvalue weighted by molar-refractivity contribution is 5.32. The fourth-order valence-corrected chi connectivity index (χ4v) is 2.29. The van der Waals surface area contributed by atoms with Crippen LogP contribution in [0.4, 0.5) is 5.95 Å². The molecule has 1 aliphatic rings. The summed E-state index contributed by atoms with van der Waals surface area (Å²) in [6.07, 6.45) is 2.20. The van der Waals surface area contributed by atoms with Crippen molar-refractivity contribution in [2.24, 2.45) is 0 Å². The molecule has 5 heteroatoms. The number of aliphatic hydroxyl groups is 1. The third-order valence-electron chi connectivity index (χ3n) is 3.14. The lowest BCUT2D eigenvalue weighted by Crippen LogP contribution is -2.38. The summed E-state index contributed by atoms with van der Waals surface area (Å²) in [4.78, 5) is 11.2. The molecule has 18 heavy (non-hydrogen) atoms. The summed E-state index contributed by atoms with van der Waals surface area (Å²) in [6, 6.07) is 1.99. The van der Waals surface area contributed by atoms with Crippen molar-refractivity contribution in [2.45, 2.75) is 32.8 Å². The number of rotatable bonds is 4. The number of anilines is 1. The van der Waals surface area contributed by atoms with Gasteiger partial charge in [0.05, 0.1) is 19.3 Å². The lowest BCUT2D eigenvalue weighted by Gasteiger charge is -2.32. The zero-order chi connectivity index (χ0) is 13.0. The molecular formula is C13H21N3O2. The Bertz CT molecular complexity index is 370. The lowest BCUT2D eigenvalue weighted by molar-refractivity contribution is 0.0157. The van der Waals surface area contributed by atoms with Gasteiger partial charge < -0.3 is 14.7 Å². The monoisotopic (exact) mass is 251 g/mol. The molecular weight excluding hydrogens is 230 g/mol. The number of hydrogen-bond donors (Lipinski definition) is 1. The van der Waals surface area contributed by atoms with Crippen molar-refractivity contribution >= 4 is 5.95 Å². The predicted octanol–water partition coefficient (Wildman–Crippen LogP) is 1.07. The Hall–Kier alpha value is -1.20. The van der Waals surface area contributed by atoms with Crippen LogP contribution in [0, 0.1) is 13.8 Å². The second-order valence-corrected chi connectivity index (χ2v) is 4.73. The van der Waals surface area contributed by atoms with E-state index < -0.39 is 0 Å². The molecule has 0 amide bonds. The van der Waals surface area contributed by atoms with E-state index in [4.69, 9.17) is 9.84 Å². The third-order valence-corrected chi connectivity index (χ3v) is 3.14. The van der Waals surface area contributed by atoms with Crippen molar-refractivity contribution in [3.05, 3.63) is 17.5 Å². The number of ether oxygens (including phenoxy) is 1. The van der Waals surface area contributed by atoms with Crippen LogP contribution in [0.2, 0.25) is 0 Å². The minimum Gasteiger partial charge on any atom is -0.394 e. The minimum absolute atomic E-state index is 0.0976. The predicted molar refractivity (Wildman–Crippen MR) is 69.8 cm³/mol. The van der Waals surface area contributed by atoms with Crippen LogP contribution in [0.5, 0.6) is 0 Å². The number of hydrogen-bond acceptors (Lipinski definition) is 5. The fraction of sp³-hybridized carbons (Fsp3) is 0.692. The van der Waals surface area contributed by atoms with Crippen molar-refractivity contribution in [2.75, 3.05) is 31.2 Å². The zero-order valence-electron chi connectivity index (χ0n) is 11.1. The van der Waals surface area contributed by atoms with Gasteiger partial charge in [0.15, 0.2) is 0 Å². The van der Waals surface area contributed by atoms with Gasteiger partial charge >= 0.3 is 0 Å². The first-order chi connectivity index (χ1) is 8.69. The van der Waals surface area contributed by atoms with E-state index in [0.717, 1.165) is 43.3 Å². The van der Waals surface area contributed by atoms with Gasteiger partial charge in [0.2, 0.25) is 5.95 Å². The van der Waals surface area contributed by atoms with Gasteiger partial charge in [-0.05, 0) is 32.8 Å². The van der Waals surface area contributed by atoms with Crippen molar-refractivity contribution < 1.29 is 9.84 Å². The maximum atomic E-state index is 8.73. The normalized spacial score (nSPS) is 17.2. The quantitative estimate of drug-likeness (QED) is 0.867. The molecule has 0 radical (unpaired) electrons. The zero-order valence-corrected chi connectivity index (χ0v) is 11.1. The third kappa shape index (κ3) is 3.40. The molecule has 1 saturated heterocycles. The molecule has 1 fully saturated rings. The minimum atomic E-state index is 0.0976. The summed E-state index contributed by atoms with van der Waals surface area (Å²) in [5, 5.41) is 8.73. The van der Waals surface area contributed by atoms with Crippen LogP contribution in [0.25, 0.3) is 0 Å². The van der Waals surface area contributed by atoms with E-state index in [9.17, 15) is 0 Å². The van der Waals surface area contributed by atoms with Gasteiger partial charge in [-0.15, -0.1) is 0 Å². The molecule has 0 spiro atoms. The highest BCUT2D eigenvalue weighted by Crippen LogP contribution is 2.18. The molecule has 1 aliphatic heterocycles. The standard InChI is InChI=1S/C13H21N3O2/c1-10-9-11(2)15-13(14-10)16-5-3-12(4-6-16)18-8-7-17/h9,12,17H,3-8H2,1-2H3. The summed E-state index contributed by atoms with van der Waals surface area (Å²) in [5.41, 5.74) is 2.02. The Morgan fingerprint density at radius 2 is 1.89 bits per heavy atom. The summed E-state index contributed by atoms with van der Waals surface area (Å²) in [5.74, 6) is 0.827. The number of aliphatic hydroxyl groups excluding tert-OH is 1. The van der Waals surface area contributed by atoms with E-state index >= 15 is 0 Å². The van der Waals surface area contributed by atoms with Gasteiger partial charge in [-0.2, -0.15) is 0 Å². The largest absolute Gasteiger partial charge is 0.394 e. The number of nitrogens with zero attached hydrogens (tertiary/aromatic N) is 3. The molecule has 1 aromatic rings. The van der Waals surface area contributed by atoms with E-state index in [-0.39, 0.29) is 12.7 Å². The molecule has 2 rings (SSSR count). The van der Waals surface area contributed by atoms with Crippen LogP contribution in [0.3, 0.4) is 0 Å². The molecule has 0 saturated carbocycles. The summed E-state index contributed by atoms with van der Waals surface area (Å²) in [7, 11) is 0. The second-order valence-electron chi connectivity index (χ2n) is 4.73. The Balaban J connectivity index is 1.92. The number of aryl methyl sites for hydroxylation is 2. The SMILES string of the molecule is Cc1cc(C)nc(N2CCC(OCCO)CC2)n1. The Kier molecular flexibility index (Phi) is 4.49. The van der Waals surface area contributed by atoms with E-state index in [1.54, 1.807) is 0 Å². The highest BCUT2D eigenvalue weighted by Gasteiger charge is 2.21. The van der Waals surface area contributed by atoms with Crippen LogP contribution in [-0.2, 0) is 4.74 Å². The van der Waals surface area contributed by atoms with Crippen LogP contribution < -0.4 is 4.90 Å². The summed E-state index contributed by atoms with van der Waals surface area (Å²) >= 11 is 0. The van der Waals surface area contributed by atoms with Crippen molar-refractivity contribution in [1.82, 2.24) is 9.97 Å². The molecule has 100 valence electrons. The Morgan fingerprint density at radius 3 is 2.44 bits per heavy atom. The van der Waals surface area contributed by atoms with Gasteiger partial charge in [0.1, 0.15) is 0 Å². The van der Waals surface area contributed by atoms with Crippen molar-refractivity contribution in [3.8, 4) is 0 Å². The van der Waals surface area contributed by atoms with E-state index in [2.05, 4.69) is 14.9 Å². The van der Waals surface area contributed by atoms with Gasteiger partial charge in [0, 0.05) is 24.5 Å². The van der Waals surface area contributed by atoms with Gasteiger partial charge in [-0.3, -0.25) is 0 Å². The average molecular weight is 251 g/mol. The first kappa shape index (κ1) is 13.2. The topological polar surface area (TPSA) is 58.5 Å². The first-order valence-corrected chi connectivity index (χ1v) is 6.48.